The minimum absolute atomic E-state index is 0.186. The van der Waals surface area contributed by atoms with Gasteiger partial charge in [-0.15, -0.1) is 0 Å². The van der Waals surface area contributed by atoms with Crippen LogP contribution >= 0.6 is 0 Å². The highest BCUT2D eigenvalue weighted by Crippen LogP contribution is 2.34. The summed E-state index contributed by atoms with van der Waals surface area (Å²) in [6, 6.07) is 1.98. The van der Waals surface area contributed by atoms with Crippen molar-refractivity contribution in [3.05, 3.63) is 0 Å². The molecule has 1 atom stereocenters. The van der Waals surface area contributed by atoms with Gasteiger partial charge in [-0.3, -0.25) is 0 Å². The SMILES string of the molecule is CC1(C)CC(C#N)(N=C=O)CO1. The van der Waals surface area contributed by atoms with E-state index in [-0.39, 0.29) is 12.2 Å². The van der Waals surface area contributed by atoms with Gasteiger partial charge in [-0.1, -0.05) is 0 Å². The second-order valence-corrected chi connectivity index (χ2v) is 3.57. The highest BCUT2D eigenvalue weighted by Gasteiger charge is 2.45. The zero-order valence-corrected chi connectivity index (χ0v) is 7.13. The van der Waals surface area contributed by atoms with Gasteiger partial charge in [0.25, 0.3) is 0 Å². The molecule has 0 radical (unpaired) electrons. The van der Waals surface area contributed by atoms with E-state index in [0.717, 1.165) is 0 Å². The van der Waals surface area contributed by atoms with Gasteiger partial charge in [0.2, 0.25) is 6.08 Å². The van der Waals surface area contributed by atoms with Crippen LogP contribution < -0.4 is 0 Å². The molecule has 0 aromatic rings. The predicted molar refractivity (Wildman–Crippen MR) is 41.1 cm³/mol. The van der Waals surface area contributed by atoms with Crippen LogP contribution in [0.2, 0.25) is 0 Å². The number of rotatable bonds is 1. The quantitative estimate of drug-likeness (QED) is 0.427. The molecule has 0 aromatic heterocycles. The zero-order chi connectivity index (χ0) is 9.24. The molecule has 0 N–H and O–H groups in total. The summed E-state index contributed by atoms with van der Waals surface area (Å²) in [6.07, 6.45) is 1.86. The van der Waals surface area contributed by atoms with Crippen molar-refractivity contribution >= 4 is 6.08 Å². The summed E-state index contributed by atoms with van der Waals surface area (Å²) < 4.78 is 5.30. The lowest BCUT2D eigenvalue weighted by atomic mass is 9.93. The fourth-order valence-electron chi connectivity index (χ4n) is 1.38. The van der Waals surface area contributed by atoms with Crippen LogP contribution in [-0.2, 0) is 9.53 Å². The second-order valence-electron chi connectivity index (χ2n) is 3.57. The first-order valence-electron chi connectivity index (χ1n) is 3.68. The number of nitrogens with zero attached hydrogens (tertiary/aromatic N) is 2. The minimum Gasteiger partial charge on any atom is -0.372 e. The van der Waals surface area contributed by atoms with Crippen LogP contribution in [0, 0.1) is 11.3 Å². The third-order valence-electron chi connectivity index (χ3n) is 1.89. The topological polar surface area (TPSA) is 62.5 Å². The summed E-state index contributed by atoms with van der Waals surface area (Å²) in [5, 5.41) is 8.78. The molecule has 4 nitrogen and oxygen atoms in total. The Hall–Kier alpha value is -1.17. The molecule has 1 aliphatic rings. The van der Waals surface area contributed by atoms with E-state index in [9.17, 15) is 4.79 Å². The second kappa shape index (κ2) is 2.71. The molecule has 1 rings (SSSR count). The van der Waals surface area contributed by atoms with Crippen LogP contribution in [-0.4, -0.2) is 23.8 Å². The number of hydrogen-bond donors (Lipinski definition) is 0. The first kappa shape index (κ1) is 8.92. The Kier molecular flexibility index (Phi) is 2.01. The first-order valence-corrected chi connectivity index (χ1v) is 3.68. The highest BCUT2D eigenvalue weighted by molar-refractivity contribution is 5.37. The normalized spacial score (nSPS) is 32.1. The van der Waals surface area contributed by atoms with Crippen molar-refractivity contribution < 1.29 is 9.53 Å². The van der Waals surface area contributed by atoms with Gasteiger partial charge >= 0.3 is 0 Å². The summed E-state index contributed by atoms with van der Waals surface area (Å²) in [5.41, 5.74) is -1.36. The monoisotopic (exact) mass is 166 g/mol. The van der Waals surface area contributed by atoms with Crippen molar-refractivity contribution in [2.45, 2.75) is 31.4 Å². The Morgan fingerprint density at radius 2 is 2.25 bits per heavy atom. The average Bonchev–Trinajstić information content (AvgIpc) is 2.29. The number of hydrogen-bond acceptors (Lipinski definition) is 4. The van der Waals surface area contributed by atoms with Crippen LogP contribution in [0.1, 0.15) is 20.3 Å². The number of nitriles is 1. The predicted octanol–water partition coefficient (Wildman–Crippen LogP) is 0.783. The standard InChI is InChI=1S/C8H10N2O2/c1-7(2)3-8(4-9,5-12-7)10-6-11/h3,5H2,1-2H3. The Balaban J connectivity index is 2.89. The molecule has 0 aromatic carbocycles. The Morgan fingerprint density at radius 3 is 2.58 bits per heavy atom. The van der Waals surface area contributed by atoms with Crippen molar-refractivity contribution in [3.63, 3.8) is 0 Å². The van der Waals surface area contributed by atoms with Crippen LogP contribution in [0.15, 0.2) is 4.99 Å². The van der Waals surface area contributed by atoms with Gasteiger partial charge in [0, 0.05) is 6.42 Å². The number of aliphatic imine (C=N–C) groups is 1. The number of ether oxygens (including phenoxy) is 1. The lowest BCUT2D eigenvalue weighted by Crippen LogP contribution is -2.26. The lowest BCUT2D eigenvalue weighted by molar-refractivity contribution is 0.0352. The van der Waals surface area contributed by atoms with E-state index in [2.05, 4.69) is 4.99 Å². The van der Waals surface area contributed by atoms with Crippen LogP contribution in [0.3, 0.4) is 0 Å². The molecular formula is C8H10N2O2. The maximum absolute atomic E-state index is 10.0. The summed E-state index contributed by atoms with van der Waals surface area (Å²) in [5.74, 6) is 0. The molecule has 1 fully saturated rings. The summed E-state index contributed by atoms with van der Waals surface area (Å²) in [7, 11) is 0. The van der Waals surface area contributed by atoms with Gasteiger partial charge in [0.1, 0.15) is 0 Å². The van der Waals surface area contributed by atoms with Gasteiger partial charge in [-0.25, -0.2) is 4.79 Å². The van der Waals surface area contributed by atoms with Crippen molar-refractivity contribution in [2.24, 2.45) is 4.99 Å². The van der Waals surface area contributed by atoms with E-state index in [0.29, 0.717) is 6.42 Å². The smallest absolute Gasteiger partial charge is 0.236 e. The summed E-state index contributed by atoms with van der Waals surface area (Å²) >= 11 is 0. The Morgan fingerprint density at radius 1 is 1.58 bits per heavy atom. The van der Waals surface area contributed by atoms with Crippen molar-refractivity contribution in [1.29, 1.82) is 5.26 Å². The van der Waals surface area contributed by atoms with E-state index in [1.807, 2.05) is 19.9 Å². The molecule has 64 valence electrons. The van der Waals surface area contributed by atoms with Crippen LogP contribution in [0.4, 0.5) is 0 Å². The molecule has 0 spiro atoms. The summed E-state index contributed by atoms with van der Waals surface area (Å²) in [6.45, 7) is 3.92. The third-order valence-corrected chi connectivity index (χ3v) is 1.89. The molecule has 4 heteroatoms. The van der Waals surface area contributed by atoms with E-state index in [1.54, 1.807) is 0 Å². The molecular weight excluding hydrogens is 156 g/mol. The van der Waals surface area contributed by atoms with Crippen LogP contribution in [0.25, 0.3) is 0 Å². The number of isocyanates is 1. The number of carbonyl (C=O) groups excluding carboxylic acids is 1. The lowest BCUT2D eigenvalue weighted by Gasteiger charge is -2.15. The minimum atomic E-state index is -0.995. The van der Waals surface area contributed by atoms with Crippen LogP contribution in [0.5, 0.6) is 0 Å². The molecule has 0 aliphatic carbocycles. The summed E-state index contributed by atoms with van der Waals surface area (Å²) in [4.78, 5) is 13.5. The molecule has 1 aliphatic heterocycles. The van der Waals surface area contributed by atoms with E-state index in [1.165, 1.54) is 6.08 Å². The first-order chi connectivity index (χ1) is 5.54. The van der Waals surface area contributed by atoms with Gasteiger partial charge in [-0.05, 0) is 13.8 Å². The molecule has 12 heavy (non-hydrogen) atoms. The molecule has 1 saturated heterocycles. The molecule has 0 saturated carbocycles. The molecule has 0 bridgehead atoms. The van der Waals surface area contributed by atoms with E-state index in [4.69, 9.17) is 10.00 Å². The van der Waals surface area contributed by atoms with Gasteiger partial charge in [-0.2, -0.15) is 10.3 Å². The highest BCUT2D eigenvalue weighted by atomic mass is 16.5. The molecule has 1 heterocycles. The van der Waals surface area contributed by atoms with Gasteiger partial charge in [0.05, 0.1) is 18.3 Å². The fraction of sp³-hybridized carbons (Fsp3) is 0.750. The molecule has 0 amide bonds. The van der Waals surface area contributed by atoms with Gasteiger partial charge < -0.3 is 4.74 Å². The Labute approximate surface area is 70.9 Å². The fourth-order valence-corrected chi connectivity index (χ4v) is 1.38. The maximum atomic E-state index is 10.0. The van der Waals surface area contributed by atoms with E-state index < -0.39 is 5.54 Å². The largest absolute Gasteiger partial charge is 0.372 e. The van der Waals surface area contributed by atoms with Crippen molar-refractivity contribution in [2.75, 3.05) is 6.61 Å². The molecule has 1 unspecified atom stereocenters. The van der Waals surface area contributed by atoms with Crippen molar-refractivity contribution in [3.8, 4) is 6.07 Å². The Bertz CT molecular complexity index is 273. The van der Waals surface area contributed by atoms with Gasteiger partial charge in [0.15, 0.2) is 5.54 Å². The van der Waals surface area contributed by atoms with E-state index >= 15 is 0 Å². The zero-order valence-electron chi connectivity index (χ0n) is 7.13. The van der Waals surface area contributed by atoms with Crippen molar-refractivity contribution in [1.82, 2.24) is 0 Å². The average molecular weight is 166 g/mol. The third kappa shape index (κ3) is 1.53. The maximum Gasteiger partial charge on any atom is 0.236 e.